The lowest BCUT2D eigenvalue weighted by Crippen LogP contribution is -2.57. The van der Waals surface area contributed by atoms with Crippen LogP contribution in [0.15, 0.2) is 0 Å². The van der Waals surface area contributed by atoms with Gasteiger partial charge >= 0.3 is 5.97 Å². The van der Waals surface area contributed by atoms with Crippen LogP contribution in [-0.2, 0) is 9.53 Å². The maximum absolute atomic E-state index is 11.5. The van der Waals surface area contributed by atoms with E-state index in [1.54, 1.807) is 0 Å². The van der Waals surface area contributed by atoms with Gasteiger partial charge in [-0.1, -0.05) is 6.92 Å². The lowest BCUT2D eigenvalue weighted by atomic mass is 9.79. The Labute approximate surface area is 84.8 Å². The Hall–Kier alpha value is -0.610. The van der Waals surface area contributed by atoms with Gasteiger partial charge in [-0.3, -0.25) is 0 Å². The zero-order chi connectivity index (χ0) is 10.9. The zero-order valence-electron chi connectivity index (χ0n) is 9.28. The molecule has 1 saturated heterocycles. The van der Waals surface area contributed by atoms with E-state index in [2.05, 4.69) is 9.64 Å². The standard InChI is InChI=1S/C10H19NO3/c1-7-6-11(3)8(2)5-10(7,13)9(12)14-4/h7-8,13H,5-6H2,1-4H3/t7-,8-,10+/m0/s1. The molecule has 4 heteroatoms. The molecular weight excluding hydrogens is 182 g/mol. The second kappa shape index (κ2) is 3.87. The van der Waals surface area contributed by atoms with Gasteiger partial charge in [0.05, 0.1) is 7.11 Å². The Bertz CT molecular complexity index is 231. The van der Waals surface area contributed by atoms with Crippen LogP contribution in [0.4, 0.5) is 0 Å². The number of piperidine rings is 1. The largest absolute Gasteiger partial charge is 0.467 e. The van der Waals surface area contributed by atoms with Gasteiger partial charge in [0.25, 0.3) is 0 Å². The second-order valence-corrected chi connectivity index (χ2v) is 4.31. The molecule has 0 radical (unpaired) electrons. The summed E-state index contributed by atoms with van der Waals surface area (Å²) in [4.78, 5) is 13.6. The molecule has 1 fully saturated rings. The molecule has 4 nitrogen and oxygen atoms in total. The van der Waals surface area contributed by atoms with Crippen molar-refractivity contribution in [3.63, 3.8) is 0 Å². The van der Waals surface area contributed by atoms with E-state index in [1.165, 1.54) is 7.11 Å². The number of carbonyl (C=O) groups is 1. The first-order valence-electron chi connectivity index (χ1n) is 4.93. The van der Waals surface area contributed by atoms with Crippen molar-refractivity contribution in [1.82, 2.24) is 4.90 Å². The maximum atomic E-state index is 11.5. The Morgan fingerprint density at radius 3 is 2.64 bits per heavy atom. The molecule has 0 aromatic rings. The average Bonchev–Trinajstić information content (AvgIpc) is 2.13. The van der Waals surface area contributed by atoms with Gasteiger partial charge in [-0.2, -0.15) is 0 Å². The summed E-state index contributed by atoms with van der Waals surface area (Å²) in [6.45, 7) is 4.59. The molecule has 1 heterocycles. The van der Waals surface area contributed by atoms with Crippen LogP contribution in [0.25, 0.3) is 0 Å². The van der Waals surface area contributed by atoms with Crippen LogP contribution >= 0.6 is 0 Å². The van der Waals surface area contributed by atoms with E-state index in [9.17, 15) is 9.90 Å². The van der Waals surface area contributed by atoms with E-state index in [-0.39, 0.29) is 12.0 Å². The van der Waals surface area contributed by atoms with Crippen LogP contribution in [0.2, 0.25) is 0 Å². The fourth-order valence-electron chi connectivity index (χ4n) is 2.03. The van der Waals surface area contributed by atoms with Gasteiger partial charge in [-0.15, -0.1) is 0 Å². The summed E-state index contributed by atoms with van der Waals surface area (Å²) in [5.74, 6) is -0.596. The Balaban J connectivity index is 2.83. The Morgan fingerprint density at radius 2 is 2.14 bits per heavy atom. The fourth-order valence-corrected chi connectivity index (χ4v) is 2.03. The van der Waals surface area contributed by atoms with E-state index in [0.717, 1.165) is 0 Å². The molecule has 1 aliphatic rings. The van der Waals surface area contributed by atoms with Gasteiger partial charge in [0.2, 0.25) is 0 Å². The minimum absolute atomic E-state index is 0.0869. The number of nitrogens with zero attached hydrogens (tertiary/aromatic N) is 1. The highest BCUT2D eigenvalue weighted by atomic mass is 16.5. The molecule has 1 rings (SSSR count). The van der Waals surface area contributed by atoms with Crippen molar-refractivity contribution >= 4 is 5.97 Å². The molecule has 0 spiro atoms. The van der Waals surface area contributed by atoms with Crippen LogP contribution in [0.3, 0.4) is 0 Å². The highest BCUT2D eigenvalue weighted by Gasteiger charge is 2.47. The smallest absolute Gasteiger partial charge is 0.338 e. The first-order chi connectivity index (χ1) is 6.41. The third kappa shape index (κ3) is 1.77. The summed E-state index contributed by atoms with van der Waals surface area (Å²) >= 11 is 0. The van der Waals surface area contributed by atoms with Gasteiger partial charge in [0.1, 0.15) is 0 Å². The van der Waals surface area contributed by atoms with Crippen molar-refractivity contribution in [3.8, 4) is 0 Å². The summed E-state index contributed by atoms with van der Waals surface area (Å²) in [6, 6.07) is 0.204. The number of carbonyl (C=O) groups excluding carboxylic acids is 1. The SMILES string of the molecule is COC(=O)[C@@]1(O)C[C@H](C)N(C)C[C@@H]1C. The van der Waals surface area contributed by atoms with Gasteiger partial charge < -0.3 is 14.7 Å². The molecule has 0 aliphatic carbocycles. The highest BCUT2D eigenvalue weighted by Crippen LogP contribution is 2.31. The van der Waals surface area contributed by atoms with Crippen molar-refractivity contribution < 1.29 is 14.6 Å². The topological polar surface area (TPSA) is 49.8 Å². The lowest BCUT2D eigenvalue weighted by Gasteiger charge is -2.43. The number of aliphatic hydroxyl groups is 1. The minimum atomic E-state index is -1.30. The number of likely N-dealkylation sites (tertiary alicyclic amines) is 1. The van der Waals surface area contributed by atoms with Crippen LogP contribution in [0.5, 0.6) is 0 Å². The van der Waals surface area contributed by atoms with Gasteiger partial charge in [0.15, 0.2) is 5.60 Å². The molecule has 0 amide bonds. The highest BCUT2D eigenvalue weighted by molar-refractivity contribution is 5.79. The summed E-state index contributed by atoms with van der Waals surface area (Å²) in [5, 5.41) is 10.2. The first-order valence-corrected chi connectivity index (χ1v) is 4.93. The third-order valence-corrected chi connectivity index (χ3v) is 3.28. The predicted molar refractivity (Wildman–Crippen MR) is 52.8 cm³/mol. The van der Waals surface area contributed by atoms with E-state index < -0.39 is 11.6 Å². The fraction of sp³-hybridized carbons (Fsp3) is 0.900. The van der Waals surface area contributed by atoms with Gasteiger partial charge in [0, 0.05) is 24.9 Å². The summed E-state index contributed by atoms with van der Waals surface area (Å²) in [5.41, 5.74) is -1.30. The maximum Gasteiger partial charge on any atom is 0.338 e. The number of rotatable bonds is 1. The summed E-state index contributed by atoms with van der Waals surface area (Å²) in [7, 11) is 3.31. The minimum Gasteiger partial charge on any atom is -0.467 e. The van der Waals surface area contributed by atoms with Crippen LogP contribution in [0, 0.1) is 5.92 Å². The molecule has 0 bridgehead atoms. The Kier molecular flexibility index (Phi) is 3.17. The van der Waals surface area contributed by atoms with Crippen molar-refractivity contribution in [1.29, 1.82) is 0 Å². The molecule has 0 aromatic heterocycles. The second-order valence-electron chi connectivity index (χ2n) is 4.31. The van der Waals surface area contributed by atoms with E-state index >= 15 is 0 Å². The average molecular weight is 201 g/mol. The number of methoxy groups -OCH3 is 1. The zero-order valence-corrected chi connectivity index (χ0v) is 9.28. The predicted octanol–water partition coefficient (Wildman–Crippen LogP) is 0.251. The quantitative estimate of drug-likeness (QED) is 0.618. The number of hydrogen-bond donors (Lipinski definition) is 1. The molecule has 3 atom stereocenters. The van der Waals surface area contributed by atoms with Crippen LogP contribution in [-0.4, -0.2) is 48.3 Å². The van der Waals surface area contributed by atoms with E-state index in [0.29, 0.717) is 13.0 Å². The number of esters is 1. The number of hydrogen-bond acceptors (Lipinski definition) is 4. The van der Waals surface area contributed by atoms with Gasteiger partial charge in [-0.05, 0) is 14.0 Å². The molecule has 0 aromatic carbocycles. The van der Waals surface area contributed by atoms with Crippen molar-refractivity contribution in [2.75, 3.05) is 20.7 Å². The summed E-state index contributed by atoms with van der Waals surface area (Å²) in [6.07, 6.45) is 0.442. The molecule has 1 aliphatic heterocycles. The van der Waals surface area contributed by atoms with Crippen LogP contribution in [0.1, 0.15) is 20.3 Å². The molecule has 0 saturated carbocycles. The van der Waals surface area contributed by atoms with Crippen molar-refractivity contribution in [3.05, 3.63) is 0 Å². The molecule has 82 valence electrons. The van der Waals surface area contributed by atoms with Crippen molar-refractivity contribution in [2.45, 2.75) is 31.9 Å². The van der Waals surface area contributed by atoms with Crippen LogP contribution < -0.4 is 0 Å². The molecule has 1 N–H and O–H groups in total. The molecule has 0 unspecified atom stereocenters. The normalized spacial score (nSPS) is 39.5. The molecular formula is C10H19NO3. The summed E-state index contributed by atoms with van der Waals surface area (Å²) < 4.78 is 4.64. The lowest BCUT2D eigenvalue weighted by molar-refractivity contribution is -0.176. The Morgan fingerprint density at radius 1 is 1.57 bits per heavy atom. The van der Waals surface area contributed by atoms with E-state index in [4.69, 9.17) is 0 Å². The monoisotopic (exact) mass is 201 g/mol. The number of ether oxygens (including phenoxy) is 1. The van der Waals surface area contributed by atoms with E-state index in [1.807, 2.05) is 20.9 Å². The first kappa shape index (κ1) is 11.5. The third-order valence-electron chi connectivity index (χ3n) is 3.28. The van der Waals surface area contributed by atoms with Crippen molar-refractivity contribution in [2.24, 2.45) is 5.92 Å². The molecule has 14 heavy (non-hydrogen) atoms. The van der Waals surface area contributed by atoms with Gasteiger partial charge in [-0.25, -0.2) is 4.79 Å².